The number of aryl methyl sites for hydroxylation is 1. The van der Waals surface area contributed by atoms with Crippen LogP contribution in [0.5, 0.6) is 5.75 Å². The van der Waals surface area contributed by atoms with Crippen LogP contribution in [0.15, 0.2) is 18.2 Å². The van der Waals surface area contributed by atoms with Crippen molar-refractivity contribution in [2.75, 3.05) is 31.3 Å². The summed E-state index contributed by atoms with van der Waals surface area (Å²) in [5, 5.41) is 14.4. The number of piperidine rings is 1. The van der Waals surface area contributed by atoms with Crippen LogP contribution in [0, 0.1) is 12.8 Å². The predicted octanol–water partition coefficient (Wildman–Crippen LogP) is 1.76. The van der Waals surface area contributed by atoms with Crippen molar-refractivity contribution >= 4 is 21.6 Å². The molecule has 1 aromatic heterocycles. The fourth-order valence-corrected chi connectivity index (χ4v) is 5.16. The number of benzene rings is 1. The molecular formula is C19H28N6O4S. The van der Waals surface area contributed by atoms with E-state index < -0.39 is 10.0 Å². The Morgan fingerprint density at radius 2 is 2.03 bits per heavy atom. The lowest BCUT2D eigenvalue weighted by molar-refractivity contribution is -0.120. The third kappa shape index (κ3) is 4.96. The molecule has 0 spiro atoms. The number of carbonyl (C=O) groups is 1. The first-order valence-corrected chi connectivity index (χ1v) is 11.7. The Kier molecular flexibility index (Phi) is 7.03. The molecule has 30 heavy (non-hydrogen) atoms. The van der Waals surface area contributed by atoms with Gasteiger partial charge in [-0.15, -0.1) is 5.10 Å². The third-order valence-corrected chi connectivity index (χ3v) is 7.23. The monoisotopic (exact) mass is 436 g/mol. The normalized spacial score (nSPS) is 15.8. The van der Waals surface area contributed by atoms with Crippen LogP contribution >= 0.6 is 0 Å². The highest BCUT2D eigenvalue weighted by Gasteiger charge is 2.30. The zero-order valence-electron chi connectivity index (χ0n) is 17.5. The molecule has 3 rings (SSSR count). The summed E-state index contributed by atoms with van der Waals surface area (Å²) >= 11 is 0. The van der Waals surface area contributed by atoms with Gasteiger partial charge in [0.25, 0.3) is 0 Å². The van der Waals surface area contributed by atoms with E-state index in [-0.39, 0.29) is 17.6 Å². The summed E-state index contributed by atoms with van der Waals surface area (Å²) in [7, 11) is -1.68. The summed E-state index contributed by atoms with van der Waals surface area (Å²) in [6.45, 7) is 4.49. The summed E-state index contributed by atoms with van der Waals surface area (Å²) in [6.07, 6.45) is 2.51. The molecule has 1 aliphatic rings. The topological polar surface area (TPSA) is 119 Å². The van der Waals surface area contributed by atoms with Crippen LogP contribution in [-0.2, 0) is 14.8 Å². The van der Waals surface area contributed by atoms with Crippen molar-refractivity contribution in [3.8, 4) is 11.4 Å². The van der Waals surface area contributed by atoms with Gasteiger partial charge in [-0.1, -0.05) is 13.3 Å². The molecule has 2 heterocycles. The second kappa shape index (κ2) is 9.52. The summed E-state index contributed by atoms with van der Waals surface area (Å²) in [5.74, 6) is 0.987. The summed E-state index contributed by atoms with van der Waals surface area (Å²) < 4.78 is 33.1. The zero-order chi connectivity index (χ0) is 21.7. The maximum absolute atomic E-state index is 12.8. The number of methoxy groups -OCH3 is 1. The number of sulfonamides is 1. The molecule has 0 atom stereocenters. The Morgan fingerprint density at radius 3 is 2.63 bits per heavy atom. The molecule has 11 heteroatoms. The molecule has 1 saturated heterocycles. The van der Waals surface area contributed by atoms with E-state index in [4.69, 9.17) is 4.74 Å². The van der Waals surface area contributed by atoms with Crippen molar-refractivity contribution < 1.29 is 17.9 Å². The molecule has 1 amide bonds. The van der Waals surface area contributed by atoms with Crippen molar-refractivity contribution in [3.05, 3.63) is 24.0 Å². The maximum Gasteiger partial charge on any atom is 0.227 e. The first-order chi connectivity index (χ1) is 14.4. The number of nitrogens with zero attached hydrogens (tertiary/aromatic N) is 5. The predicted molar refractivity (Wildman–Crippen MR) is 112 cm³/mol. The van der Waals surface area contributed by atoms with Gasteiger partial charge in [-0.05, 0) is 54.8 Å². The zero-order valence-corrected chi connectivity index (χ0v) is 18.4. The van der Waals surface area contributed by atoms with E-state index in [2.05, 4.69) is 20.8 Å². The van der Waals surface area contributed by atoms with Crippen LogP contribution in [0.4, 0.5) is 5.69 Å². The molecule has 0 bridgehead atoms. The molecule has 10 nitrogen and oxygen atoms in total. The van der Waals surface area contributed by atoms with Crippen molar-refractivity contribution in [2.45, 2.75) is 39.5 Å². The Labute approximate surface area is 176 Å². The molecule has 1 aliphatic heterocycles. The smallest absolute Gasteiger partial charge is 0.227 e. The van der Waals surface area contributed by atoms with Gasteiger partial charge in [0.15, 0.2) is 5.82 Å². The van der Waals surface area contributed by atoms with Crippen LogP contribution in [0.3, 0.4) is 0 Å². The number of ether oxygens (including phenoxy) is 1. The van der Waals surface area contributed by atoms with Crippen molar-refractivity contribution in [1.82, 2.24) is 24.5 Å². The number of rotatable bonds is 8. The number of tetrazole rings is 1. The first kappa shape index (κ1) is 22.2. The van der Waals surface area contributed by atoms with E-state index in [0.29, 0.717) is 55.3 Å². The highest BCUT2D eigenvalue weighted by atomic mass is 32.2. The van der Waals surface area contributed by atoms with Gasteiger partial charge >= 0.3 is 0 Å². The number of unbranched alkanes of at least 4 members (excludes halogenated alkanes) is 1. The van der Waals surface area contributed by atoms with Crippen molar-refractivity contribution in [3.63, 3.8) is 0 Å². The number of nitrogens with one attached hydrogen (secondary N) is 1. The Balaban J connectivity index is 1.65. The van der Waals surface area contributed by atoms with Gasteiger partial charge in [0.1, 0.15) is 11.4 Å². The number of amides is 1. The Morgan fingerprint density at radius 1 is 1.30 bits per heavy atom. The minimum Gasteiger partial charge on any atom is -0.494 e. The van der Waals surface area contributed by atoms with E-state index in [1.54, 1.807) is 32.2 Å². The van der Waals surface area contributed by atoms with E-state index >= 15 is 0 Å². The molecular weight excluding hydrogens is 408 g/mol. The van der Waals surface area contributed by atoms with Crippen molar-refractivity contribution in [2.24, 2.45) is 5.92 Å². The second-order valence-electron chi connectivity index (χ2n) is 7.36. The quantitative estimate of drug-likeness (QED) is 0.669. The lowest BCUT2D eigenvalue weighted by Gasteiger charge is -2.30. The third-order valence-electron chi connectivity index (χ3n) is 5.27. The molecule has 0 aliphatic carbocycles. The van der Waals surface area contributed by atoms with Crippen LogP contribution in [0.1, 0.15) is 38.4 Å². The molecule has 0 saturated carbocycles. The number of hydrogen-bond donors (Lipinski definition) is 1. The fraction of sp³-hybridized carbons (Fsp3) is 0.579. The number of aromatic nitrogens is 4. The largest absolute Gasteiger partial charge is 0.494 e. The number of carbonyl (C=O) groups excluding carboxylic acids is 1. The van der Waals surface area contributed by atoms with Gasteiger partial charge in [-0.3, -0.25) is 4.79 Å². The average molecular weight is 437 g/mol. The van der Waals surface area contributed by atoms with Gasteiger partial charge in [-0.25, -0.2) is 12.7 Å². The lowest BCUT2D eigenvalue weighted by Crippen LogP contribution is -2.42. The van der Waals surface area contributed by atoms with E-state index in [1.807, 2.05) is 6.92 Å². The SMILES string of the molecule is CCCCS(=O)(=O)N1CCC(C(=O)Nc2ccc(OC)c(-n3nnnc3C)c2)CC1. The summed E-state index contributed by atoms with van der Waals surface area (Å²) in [4.78, 5) is 12.8. The summed E-state index contributed by atoms with van der Waals surface area (Å²) in [5.41, 5.74) is 1.22. The number of hydrogen-bond acceptors (Lipinski definition) is 7. The molecule has 2 aromatic rings. The molecule has 1 N–H and O–H groups in total. The van der Waals surface area contributed by atoms with Gasteiger partial charge < -0.3 is 10.1 Å². The van der Waals surface area contributed by atoms with E-state index in [1.165, 1.54) is 8.99 Å². The van der Waals surface area contributed by atoms with Crippen LogP contribution in [0.2, 0.25) is 0 Å². The minimum atomic E-state index is -3.23. The molecule has 1 fully saturated rings. The van der Waals surface area contributed by atoms with Gasteiger partial charge in [0.2, 0.25) is 15.9 Å². The Hall–Kier alpha value is -2.53. The average Bonchev–Trinajstić information content (AvgIpc) is 3.18. The van der Waals surface area contributed by atoms with Crippen LogP contribution < -0.4 is 10.1 Å². The molecule has 1 aromatic carbocycles. The lowest BCUT2D eigenvalue weighted by atomic mass is 9.97. The maximum atomic E-state index is 12.8. The van der Waals surface area contributed by atoms with Gasteiger partial charge in [0.05, 0.1) is 12.9 Å². The standard InChI is InChI=1S/C19H28N6O4S/c1-4-5-12-30(27,28)24-10-8-15(9-11-24)19(26)20-16-6-7-18(29-3)17(13-16)25-14(2)21-22-23-25/h6-7,13,15H,4-5,8-12H2,1-3H3,(H,20,26). The van der Waals surface area contributed by atoms with Crippen LogP contribution in [0.25, 0.3) is 5.69 Å². The molecule has 0 radical (unpaired) electrons. The number of anilines is 1. The van der Waals surface area contributed by atoms with Gasteiger partial charge in [-0.2, -0.15) is 4.68 Å². The minimum absolute atomic E-state index is 0.120. The first-order valence-electron chi connectivity index (χ1n) is 10.1. The Bertz CT molecular complexity index is 983. The van der Waals surface area contributed by atoms with Crippen molar-refractivity contribution in [1.29, 1.82) is 0 Å². The van der Waals surface area contributed by atoms with Gasteiger partial charge in [0, 0.05) is 24.7 Å². The molecule has 164 valence electrons. The second-order valence-corrected chi connectivity index (χ2v) is 9.45. The van der Waals surface area contributed by atoms with E-state index in [9.17, 15) is 13.2 Å². The molecule has 0 unspecified atom stereocenters. The van der Waals surface area contributed by atoms with Crippen LogP contribution in [-0.4, -0.2) is 64.8 Å². The highest BCUT2D eigenvalue weighted by Crippen LogP contribution is 2.28. The fourth-order valence-electron chi connectivity index (χ4n) is 3.48. The highest BCUT2D eigenvalue weighted by molar-refractivity contribution is 7.89. The van der Waals surface area contributed by atoms with E-state index in [0.717, 1.165) is 6.42 Å². The summed E-state index contributed by atoms with van der Waals surface area (Å²) in [6, 6.07) is 5.25.